The molecule has 2 aromatic rings. The van der Waals surface area contributed by atoms with Crippen LogP contribution >= 0.6 is 0 Å². The van der Waals surface area contributed by atoms with Gasteiger partial charge in [-0.3, -0.25) is 0 Å². The molecule has 1 heterocycles. The fourth-order valence-corrected chi connectivity index (χ4v) is 2.52. The fourth-order valence-electron chi connectivity index (χ4n) is 2.52. The zero-order chi connectivity index (χ0) is 12.4. The normalized spacial score (nSPS) is 17.5. The predicted molar refractivity (Wildman–Crippen MR) is 72.7 cm³/mol. The third kappa shape index (κ3) is 2.00. The third-order valence-electron chi connectivity index (χ3n) is 3.39. The van der Waals surface area contributed by atoms with E-state index in [0.29, 0.717) is 12.6 Å². The first-order valence-corrected chi connectivity index (χ1v) is 6.42. The molecule has 18 heavy (non-hydrogen) atoms. The molecule has 0 amide bonds. The minimum Gasteiger partial charge on any atom is -0.494 e. The average Bonchev–Trinajstić information content (AvgIpc) is 2.84. The zero-order valence-corrected chi connectivity index (χ0v) is 10.5. The van der Waals surface area contributed by atoms with Crippen LogP contribution in [0.2, 0.25) is 0 Å². The summed E-state index contributed by atoms with van der Waals surface area (Å²) in [6.45, 7) is 3.67. The molecule has 1 atom stereocenters. The van der Waals surface area contributed by atoms with E-state index in [0.717, 1.165) is 12.3 Å². The second-order valence-corrected chi connectivity index (χ2v) is 4.51. The lowest BCUT2D eigenvalue weighted by Crippen LogP contribution is -2.13. The maximum Gasteiger partial charge on any atom is 0.119 e. The fraction of sp³-hybridized carbons (Fsp3) is 0.250. The topological polar surface area (TPSA) is 21.3 Å². The monoisotopic (exact) mass is 239 g/mol. The molecule has 1 unspecified atom stereocenters. The van der Waals surface area contributed by atoms with Gasteiger partial charge in [0.2, 0.25) is 0 Å². The van der Waals surface area contributed by atoms with Crippen LogP contribution < -0.4 is 10.1 Å². The first-order valence-electron chi connectivity index (χ1n) is 6.42. The molecule has 2 heteroatoms. The van der Waals surface area contributed by atoms with Crippen molar-refractivity contribution in [3.05, 3.63) is 65.2 Å². The summed E-state index contributed by atoms with van der Waals surface area (Å²) >= 11 is 0. The number of fused-ring (bicyclic) bond motifs is 1. The molecule has 2 aromatic carbocycles. The quantitative estimate of drug-likeness (QED) is 0.887. The van der Waals surface area contributed by atoms with Gasteiger partial charge < -0.3 is 10.1 Å². The SMILES string of the molecule is CCOc1ccc(C2NCc3ccccc32)cc1. The number of rotatable bonds is 3. The Labute approximate surface area is 108 Å². The van der Waals surface area contributed by atoms with Crippen molar-refractivity contribution in [3.8, 4) is 5.75 Å². The standard InChI is InChI=1S/C16H17NO/c1-2-18-14-9-7-12(8-10-14)16-15-6-4-3-5-13(15)11-17-16/h3-10,16-17H,2,11H2,1H3. The van der Waals surface area contributed by atoms with Gasteiger partial charge in [-0.2, -0.15) is 0 Å². The number of benzene rings is 2. The summed E-state index contributed by atoms with van der Waals surface area (Å²) in [7, 11) is 0. The number of ether oxygens (including phenoxy) is 1. The van der Waals surface area contributed by atoms with Gasteiger partial charge in [-0.15, -0.1) is 0 Å². The smallest absolute Gasteiger partial charge is 0.119 e. The van der Waals surface area contributed by atoms with Gasteiger partial charge in [-0.1, -0.05) is 36.4 Å². The van der Waals surface area contributed by atoms with Crippen molar-refractivity contribution in [2.45, 2.75) is 19.5 Å². The van der Waals surface area contributed by atoms with Gasteiger partial charge in [0.1, 0.15) is 5.75 Å². The van der Waals surface area contributed by atoms with Gasteiger partial charge in [-0.05, 0) is 35.7 Å². The average molecular weight is 239 g/mol. The lowest BCUT2D eigenvalue weighted by molar-refractivity contribution is 0.340. The summed E-state index contributed by atoms with van der Waals surface area (Å²) in [5, 5.41) is 3.55. The molecule has 1 aliphatic heterocycles. The van der Waals surface area contributed by atoms with E-state index in [4.69, 9.17) is 4.74 Å². The highest BCUT2D eigenvalue weighted by Crippen LogP contribution is 2.31. The Morgan fingerprint density at radius 3 is 2.67 bits per heavy atom. The molecule has 0 saturated heterocycles. The summed E-state index contributed by atoms with van der Waals surface area (Å²) in [4.78, 5) is 0. The second kappa shape index (κ2) is 4.83. The van der Waals surface area contributed by atoms with Crippen LogP contribution in [0.4, 0.5) is 0 Å². The zero-order valence-electron chi connectivity index (χ0n) is 10.5. The second-order valence-electron chi connectivity index (χ2n) is 4.51. The number of nitrogens with one attached hydrogen (secondary N) is 1. The van der Waals surface area contributed by atoms with E-state index >= 15 is 0 Å². The molecule has 92 valence electrons. The van der Waals surface area contributed by atoms with Crippen LogP contribution in [0.1, 0.15) is 29.7 Å². The third-order valence-corrected chi connectivity index (χ3v) is 3.39. The molecule has 0 spiro atoms. The Balaban J connectivity index is 1.88. The van der Waals surface area contributed by atoms with Crippen molar-refractivity contribution in [2.24, 2.45) is 0 Å². The number of hydrogen-bond acceptors (Lipinski definition) is 2. The maximum absolute atomic E-state index is 5.47. The van der Waals surface area contributed by atoms with Crippen LogP contribution in [0, 0.1) is 0 Å². The van der Waals surface area contributed by atoms with Crippen LogP contribution in [-0.4, -0.2) is 6.61 Å². The highest BCUT2D eigenvalue weighted by atomic mass is 16.5. The maximum atomic E-state index is 5.47. The van der Waals surface area contributed by atoms with E-state index in [9.17, 15) is 0 Å². The van der Waals surface area contributed by atoms with E-state index in [-0.39, 0.29) is 0 Å². The Bertz CT molecular complexity index is 533. The molecule has 0 aromatic heterocycles. The molecule has 2 nitrogen and oxygen atoms in total. The highest BCUT2D eigenvalue weighted by molar-refractivity contribution is 5.42. The first kappa shape index (κ1) is 11.3. The molecular formula is C16H17NO. The summed E-state index contributed by atoms with van der Waals surface area (Å²) in [6, 6.07) is 17.3. The minimum absolute atomic E-state index is 0.317. The van der Waals surface area contributed by atoms with E-state index in [1.54, 1.807) is 0 Å². The van der Waals surface area contributed by atoms with Gasteiger partial charge in [0.15, 0.2) is 0 Å². The Kier molecular flexibility index (Phi) is 3.03. The summed E-state index contributed by atoms with van der Waals surface area (Å²) < 4.78 is 5.47. The summed E-state index contributed by atoms with van der Waals surface area (Å²) in [6.07, 6.45) is 0. The first-order chi connectivity index (χ1) is 8.88. The van der Waals surface area contributed by atoms with Gasteiger partial charge >= 0.3 is 0 Å². The molecule has 0 saturated carbocycles. The minimum atomic E-state index is 0.317. The van der Waals surface area contributed by atoms with Gasteiger partial charge in [-0.25, -0.2) is 0 Å². The van der Waals surface area contributed by atoms with Crippen LogP contribution in [0.3, 0.4) is 0 Å². The van der Waals surface area contributed by atoms with Crippen molar-refractivity contribution in [3.63, 3.8) is 0 Å². The Morgan fingerprint density at radius 2 is 1.89 bits per heavy atom. The summed E-state index contributed by atoms with van der Waals surface area (Å²) in [5.41, 5.74) is 4.08. The molecular weight excluding hydrogens is 222 g/mol. The van der Waals surface area contributed by atoms with Crippen molar-refractivity contribution in [1.82, 2.24) is 5.32 Å². The van der Waals surface area contributed by atoms with E-state index in [1.807, 2.05) is 19.1 Å². The van der Waals surface area contributed by atoms with Crippen LogP contribution in [-0.2, 0) is 6.54 Å². The Hall–Kier alpha value is -1.80. The molecule has 0 radical (unpaired) electrons. The molecule has 0 aliphatic carbocycles. The lowest BCUT2D eigenvalue weighted by Gasteiger charge is -2.13. The molecule has 1 N–H and O–H groups in total. The molecule has 3 rings (SSSR count). The Morgan fingerprint density at radius 1 is 1.11 bits per heavy atom. The van der Waals surface area contributed by atoms with Gasteiger partial charge in [0, 0.05) is 6.54 Å². The van der Waals surface area contributed by atoms with E-state index < -0.39 is 0 Å². The van der Waals surface area contributed by atoms with Crippen molar-refractivity contribution in [2.75, 3.05) is 6.61 Å². The highest BCUT2D eigenvalue weighted by Gasteiger charge is 2.22. The van der Waals surface area contributed by atoms with Crippen LogP contribution in [0.25, 0.3) is 0 Å². The van der Waals surface area contributed by atoms with Crippen molar-refractivity contribution < 1.29 is 4.74 Å². The van der Waals surface area contributed by atoms with Gasteiger partial charge in [0.05, 0.1) is 12.6 Å². The number of hydrogen-bond donors (Lipinski definition) is 1. The lowest BCUT2D eigenvalue weighted by atomic mass is 9.98. The van der Waals surface area contributed by atoms with Gasteiger partial charge in [0.25, 0.3) is 0 Å². The van der Waals surface area contributed by atoms with E-state index in [1.165, 1.54) is 16.7 Å². The molecule has 0 bridgehead atoms. The largest absolute Gasteiger partial charge is 0.494 e. The molecule has 1 aliphatic rings. The predicted octanol–water partition coefficient (Wildman–Crippen LogP) is 3.28. The van der Waals surface area contributed by atoms with E-state index in [2.05, 4.69) is 41.7 Å². The van der Waals surface area contributed by atoms with Crippen molar-refractivity contribution >= 4 is 0 Å². The van der Waals surface area contributed by atoms with Crippen LogP contribution in [0.15, 0.2) is 48.5 Å². The van der Waals surface area contributed by atoms with Crippen LogP contribution in [0.5, 0.6) is 5.75 Å². The van der Waals surface area contributed by atoms with Crippen molar-refractivity contribution in [1.29, 1.82) is 0 Å². The molecule has 0 fully saturated rings. The summed E-state index contributed by atoms with van der Waals surface area (Å²) in [5.74, 6) is 0.938.